The van der Waals surface area contributed by atoms with Gasteiger partial charge in [0.15, 0.2) is 0 Å². The summed E-state index contributed by atoms with van der Waals surface area (Å²) in [7, 11) is 0. The standard InChI is InChI=1S/C24H22BrN3O/c1-14-11-19(23(29)20(25)12-14)22-17(9-7-15-5-3-2-4-6-15)18-13-16(24(26)27)8-10-21(18)28-22/h2-6,8,10-13,28-29H,7,9H2,1H3,(H3,26,27). The minimum Gasteiger partial charge on any atom is -0.506 e. The van der Waals surface area contributed by atoms with Crippen LogP contribution in [0, 0.1) is 12.3 Å². The van der Waals surface area contributed by atoms with Crippen LogP contribution in [0.1, 0.15) is 22.3 Å². The number of amidine groups is 1. The van der Waals surface area contributed by atoms with Crippen molar-refractivity contribution in [2.45, 2.75) is 19.8 Å². The lowest BCUT2D eigenvalue weighted by molar-refractivity contribution is 0.473. The Bertz CT molecular complexity index is 1210. The molecule has 0 spiro atoms. The first kappa shape index (κ1) is 19.3. The van der Waals surface area contributed by atoms with Crippen molar-refractivity contribution < 1.29 is 5.11 Å². The average Bonchev–Trinajstić information content (AvgIpc) is 3.07. The van der Waals surface area contributed by atoms with E-state index in [1.54, 1.807) is 0 Å². The van der Waals surface area contributed by atoms with E-state index in [-0.39, 0.29) is 11.6 Å². The van der Waals surface area contributed by atoms with E-state index in [1.165, 1.54) is 5.56 Å². The zero-order valence-electron chi connectivity index (χ0n) is 16.1. The second-order valence-corrected chi connectivity index (χ2v) is 8.14. The molecule has 0 atom stereocenters. The molecule has 0 saturated heterocycles. The normalized spacial score (nSPS) is 11.1. The van der Waals surface area contributed by atoms with Crippen molar-refractivity contribution in [3.63, 3.8) is 0 Å². The molecule has 1 heterocycles. The quantitative estimate of drug-likeness (QED) is 0.234. The van der Waals surface area contributed by atoms with Gasteiger partial charge in [0.25, 0.3) is 0 Å². The van der Waals surface area contributed by atoms with Crippen LogP contribution in [0.2, 0.25) is 0 Å². The van der Waals surface area contributed by atoms with Gasteiger partial charge in [0.1, 0.15) is 11.6 Å². The Morgan fingerprint density at radius 1 is 1.07 bits per heavy atom. The van der Waals surface area contributed by atoms with Crippen LogP contribution in [-0.4, -0.2) is 15.9 Å². The Hall–Kier alpha value is -3.05. The highest BCUT2D eigenvalue weighted by molar-refractivity contribution is 9.10. The number of phenolic OH excluding ortho intramolecular Hbond substituents is 1. The van der Waals surface area contributed by atoms with Crippen LogP contribution in [0.5, 0.6) is 5.75 Å². The topological polar surface area (TPSA) is 85.9 Å². The Labute approximate surface area is 178 Å². The second-order valence-electron chi connectivity index (χ2n) is 7.28. The highest BCUT2D eigenvalue weighted by Gasteiger charge is 2.18. The fourth-order valence-electron chi connectivity index (χ4n) is 3.74. The van der Waals surface area contributed by atoms with Gasteiger partial charge < -0.3 is 15.8 Å². The largest absolute Gasteiger partial charge is 0.506 e. The lowest BCUT2D eigenvalue weighted by atomic mass is 9.96. The first-order valence-corrected chi connectivity index (χ1v) is 10.3. The monoisotopic (exact) mass is 447 g/mol. The van der Waals surface area contributed by atoms with E-state index < -0.39 is 0 Å². The predicted octanol–water partition coefficient (Wildman–Crippen LogP) is 5.68. The van der Waals surface area contributed by atoms with Crippen molar-refractivity contribution in [1.82, 2.24) is 4.98 Å². The number of nitrogens with one attached hydrogen (secondary N) is 2. The van der Waals surface area contributed by atoms with E-state index in [1.807, 2.05) is 55.5 Å². The third kappa shape index (κ3) is 3.78. The minimum atomic E-state index is 0.0461. The molecule has 0 unspecified atom stereocenters. The summed E-state index contributed by atoms with van der Waals surface area (Å²) in [6, 6.07) is 20.0. The third-order valence-corrected chi connectivity index (χ3v) is 5.81. The van der Waals surface area contributed by atoms with Gasteiger partial charge in [0, 0.05) is 22.0 Å². The maximum atomic E-state index is 10.7. The number of aromatic amines is 1. The third-order valence-electron chi connectivity index (χ3n) is 5.20. The number of benzene rings is 3. The van der Waals surface area contributed by atoms with Crippen molar-refractivity contribution in [3.05, 3.63) is 87.4 Å². The maximum Gasteiger partial charge on any atom is 0.139 e. The molecule has 0 aliphatic heterocycles. The molecule has 0 bridgehead atoms. The number of hydrogen-bond acceptors (Lipinski definition) is 2. The molecule has 1 aromatic heterocycles. The molecule has 0 aliphatic carbocycles. The van der Waals surface area contributed by atoms with Gasteiger partial charge in [-0.3, -0.25) is 5.41 Å². The van der Waals surface area contributed by atoms with Crippen molar-refractivity contribution in [2.75, 3.05) is 0 Å². The molecule has 29 heavy (non-hydrogen) atoms. The van der Waals surface area contributed by atoms with Crippen molar-refractivity contribution in [1.29, 1.82) is 5.41 Å². The van der Waals surface area contributed by atoms with Gasteiger partial charge in [-0.1, -0.05) is 30.3 Å². The molecule has 0 aliphatic rings. The summed E-state index contributed by atoms with van der Waals surface area (Å²) in [5, 5.41) is 19.6. The van der Waals surface area contributed by atoms with Crippen molar-refractivity contribution in [2.24, 2.45) is 5.73 Å². The highest BCUT2D eigenvalue weighted by atomic mass is 79.9. The Morgan fingerprint density at radius 3 is 2.55 bits per heavy atom. The van der Waals surface area contributed by atoms with Crippen LogP contribution in [0.3, 0.4) is 0 Å². The highest BCUT2D eigenvalue weighted by Crippen LogP contribution is 2.40. The molecule has 3 aromatic carbocycles. The molecule has 0 amide bonds. The minimum absolute atomic E-state index is 0.0461. The summed E-state index contributed by atoms with van der Waals surface area (Å²) < 4.78 is 0.671. The smallest absolute Gasteiger partial charge is 0.139 e. The molecule has 0 fully saturated rings. The molecule has 5 heteroatoms. The summed E-state index contributed by atoms with van der Waals surface area (Å²) in [6.07, 6.45) is 1.67. The van der Waals surface area contributed by atoms with E-state index in [9.17, 15) is 5.11 Å². The molecule has 4 nitrogen and oxygen atoms in total. The number of aromatic hydroxyl groups is 1. The molecular weight excluding hydrogens is 426 g/mol. The van der Waals surface area contributed by atoms with Crippen LogP contribution in [0.25, 0.3) is 22.2 Å². The number of nitrogen functional groups attached to an aromatic ring is 1. The molecular formula is C24H22BrN3O. The fraction of sp³-hybridized carbons (Fsp3) is 0.125. The van der Waals surface area contributed by atoms with E-state index >= 15 is 0 Å². The van der Waals surface area contributed by atoms with Gasteiger partial charge in [-0.25, -0.2) is 0 Å². The first-order valence-electron chi connectivity index (χ1n) is 9.46. The summed E-state index contributed by atoms with van der Waals surface area (Å²) in [4.78, 5) is 3.49. The SMILES string of the molecule is Cc1cc(Br)c(O)c(-c2[nH]c3ccc(C(=N)N)cc3c2CCc2ccccc2)c1. The summed E-state index contributed by atoms with van der Waals surface area (Å²) in [5.74, 6) is 0.264. The summed E-state index contributed by atoms with van der Waals surface area (Å²) in [6.45, 7) is 2.01. The molecule has 5 N–H and O–H groups in total. The van der Waals surface area contributed by atoms with Gasteiger partial charge in [-0.2, -0.15) is 0 Å². The zero-order valence-corrected chi connectivity index (χ0v) is 17.7. The van der Waals surface area contributed by atoms with Crippen molar-refractivity contribution in [3.8, 4) is 17.0 Å². The number of phenols is 1. The van der Waals surface area contributed by atoms with Crippen LogP contribution < -0.4 is 5.73 Å². The van der Waals surface area contributed by atoms with Gasteiger partial charge >= 0.3 is 0 Å². The number of H-pyrrole nitrogens is 1. The number of fused-ring (bicyclic) bond motifs is 1. The van der Waals surface area contributed by atoms with Crippen LogP contribution >= 0.6 is 15.9 Å². The first-order chi connectivity index (χ1) is 13.9. The van der Waals surface area contributed by atoms with Gasteiger partial charge in [-0.15, -0.1) is 0 Å². The second kappa shape index (κ2) is 7.76. The van der Waals surface area contributed by atoms with Gasteiger partial charge in [-0.05, 0) is 82.7 Å². The van der Waals surface area contributed by atoms with E-state index in [0.717, 1.165) is 46.1 Å². The lowest BCUT2D eigenvalue weighted by Gasteiger charge is -2.10. The van der Waals surface area contributed by atoms with Gasteiger partial charge in [0.2, 0.25) is 0 Å². The van der Waals surface area contributed by atoms with E-state index in [4.69, 9.17) is 11.1 Å². The Kier molecular flexibility index (Phi) is 5.16. The Morgan fingerprint density at radius 2 is 1.83 bits per heavy atom. The van der Waals surface area contributed by atoms with Crippen LogP contribution in [-0.2, 0) is 12.8 Å². The molecule has 4 aromatic rings. The summed E-state index contributed by atoms with van der Waals surface area (Å²) >= 11 is 3.46. The Balaban J connectivity index is 1.90. The number of aryl methyl sites for hydroxylation is 3. The average molecular weight is 448 g/mol. The maximum absolute atomic E-state index is 10.7. The van der Waals surface area contributed by atoms with Crippen LogP contribution in [0.4, 0.5) is 0 Å². The molecule has 4 rings (SSSR count). The van der Waals surface area contributed by atoms with Crippen molar-refractivity contribution >= 4 is 32.7 Å². The fourth-order valence-corrected chi connectivity index (χ4v) is 4.32. The molecule has 0 radical (unpaired) electrons. The number of nitrogens with two attached hydrogens (primary N) is 1. The number of rotatable bonds is 5. The van der Waals surface area contributed by atoms with E-state index in [0.29, 0.717) is 10.0 Å². The summed E-state index contributed by atoms with van der Waals surface area (Å²) in [5.41, 5.74) is 12.5. The predicted molar refractivity (Wildman–Crippen MR) is 123 cm³/mol. The van der Waals surface area contributed by atoms with Crippen LogP contribution in [0.15, 0.2) is 65.1 Å². The number of halogens is 1. The molecule has 0 saturated carbocycles. The van der Waals surface area contributed by atoms with E-state index in [2.05, 4.69) is 33.0 Å². The zero-order chi connectivity index (χ0) is 20.5. The lowest BCUT2D eigenvalue weighted by Crippen LogP contribution is -2.10. The number of hydrogen-bond donors (Lipinski definition) is 4. The number of aromatic nitrogens is 1. The van der Waals surface area contributed by atoms with Gasteiger partial charge in [0.05, 0.1) is 10.2 Å². The molecule has 146 valence electrons.